The van der Waals surface area contributed by atoms with Gasteiger partial charge in [-0.05, 0) is 57.3 Å². The molecule has 1 aliphatic rings. The Hall–Kier alpha value is -3.20. The van der Waals surface area contributed by atoms with E-state index in [0.717, 1.165) is 26.5 Å². The standard InChI is InChI=1S/C29H51BN4O10/c1-3-14-43-16-17-44-15-4-13-31-28(40)22(10-12-26(37)38)33-24(35)11-9-23(29(41)42)34-27(39)21-7-5-20(6-8-21)19-32-25(36)18-30-2/h20-23,30H,3-19H2,1-2H3,(H,31,40)(H,32,36)(H,33,35)(H,34,39)(H,37,38)(H,41,42). The number of nitrogens with one attached hydrogen (secondary N) is 4. The molecule has 44 heavy (non-hydrogen) atoms. The first kappa shape index (κ1) is 38.8. The molecule has 0 spiro atoms. The Balaban J connectivity index is 2.48. The number of carboxylic acids is 2. The summed E-state index contributed by atoms with van der Waals surface area (Å²) >= 11 is 0. The van der Waals surface area contributed by atoms with Crippen LogP contribution < -0.4 is 21.3 Å². The Bertz CT molecular complexity index is 915. The zero-order valence-corrected chi connectivity index (χ0v) is 26.2. The van der Waals surface area contributed by atoms with Crippen LogP contribution in [0.15, 0.2) is 0 Å². The summed E-state index contributed by atoms with van der Waals surface area (Å²) in [6.45, 7) is 6.75. The Morgan fingerprint density at radius 1 is 0.818 bits per heavy atom. The second-order valence-corrected chi connectivity index (χ2v) is 11.1. The highest BCUT2D eigenvalue weighted by molar-refractivity contribution is 6.39. The van der Waals surface area contributed by atoms with E-state index in [4.69, 9.17) is 14.6 Å². The number of carbonyl (C=O) groups excluding carboxylic acids is 4. The molecule has 1 fully saturated rings. The van der Waals surface area contributed by atoms with Crippen molar-refractivity contribution in [2.45, 2.75) is 96.4 Å². The highest BCUT2D eigenvalue weighted by Crippen LogP contribution is 2.28. The number of rotatable bonds is 24. The minimum atomic E-state index is -1.29. The molecule has 14 nitrogen and oxygen atoms in total. The first-order valence-corrected chi connectivity index (χ1v) is 15.8. The van der Waals surface area contributed by atoms with E-state index in [1.807, 2.05) is 13.7 Å². The Morgan fingerprint density at radius 2 is 1.48 bits per heavy atom. The minimum absolute atomic E-state index is 0.0136. The van der Waals surface area contributed by atoms with E-state index < -0.39 is 35.8 Å². The highest BCUT2D eigenvalue weighted by atomic mass is 16.5. The molecule has 4 amide bonds. The Labute approximate surface area is 260 Å². The van der Waals surface area contributed by atoms with Gasteiger partial charge in [0, 0.05) is 51.4 Å². The zero-order chi connectivity index (χ0) is 32.7. The fraction of sp³-hybridized carbons (Fsp3) is 0.793. The molecule has 0 aromatic carbocycles. The van der Waals surface area contributed by atoms with Crippen molar-refractivity contribution in [3.05, 3.63) is 0 Å². The molecule has 0 aromatic heterocycles. The summed E-state index contributed by atoms with van der Waals surface area (Å²) in [6, 6.07) is -2.40. The summed E-state index contributed by atoms with van der Waals surface area (Å²) < 4.78 is 10.7. The van der Waals surface area contributed by atoms with Crippen LogP contribution in [0, 0.1) is 11.8 Å². The van der Waals surface area contributed by atoms with Crippen LogP contribution >= 0.6 is 0 Å². The topological polar surface area (TPSA) is 209 Å². The molecular formula is C29H51BN4O10. The maximum atomic E-state index is 12.8. The number of ether oxygens (including phenoxy) is 2. The quantitative estimate of drug-likeness (QED) is 0.0644. The van der Waals surface area contributed by atoms with Crippen molar-refractivity contribution in [1.29, 1.82) is 0 Å². The van der Waals surface area contributed by atoms with Crippen molar-refractivity contribution >= 4 is 42.8 Å². The highest BCUT2D eigenvalue weighted by Gasteiger charge is 2.30. The monoisotopic (exact) mass is 626 g/mol. The largest absolute Gasteiger partial charge is 0.481 e. The lowest BCUT2D eigenvalue weighted by Crippen LogP contribution is -2.48. The molecule has 0 bridgehead atoms. The van der Waals surface area contributed by atoms with Gasteiger partial charge in [0.25, 0.3) is 0 Å². The predicted octanol–water partition coefficient (Wildman–Crippen LogP) is 0.461. The van der Waals surface area contributed by atoms with Crippen LogP contribution in [0.2, 0.25) is 13.1 Å². The maximum absolute atomic E-state index is 12.8. The van der Waals surface area contributed by atoms with Crippen LogP contribution in [0.1, 0.15) is 71.1 Å². The third kappa shape index (κ3) is 17.8. The van der Waals surface area contributed by atoms with Gasteiger partial charge in [0.1, 0.15) is 19.4 Å². The van der Waals surface area contributed by atoms with Crippen molar-refractivity contribution in [3.8, 4) is 0 Å². The summed E-state index contributed by atoms with van der Waals surface area (Å²) in [5.74, 6) is -4.03. The lowest BCUT2D eigenvalue weighted by Gasteiger charge is -2.28. The molecular weight excluding hydrogens is 575 g/mol. The second kappa shape index (κ2) is 23.2. The molecule has 1 rings (SSSR count). The third-order valence-corrected chi connectivity index (χ3v) is 7.34. The second-order valence-electron chi connectivity index (χ2n) is 11.1. The minimum Gasteiger partial charge on any atom is -0.481 e. The first-order chi connectivity index (χ1) is 21.1. The van der Waals surface area contributed by atoms with E-state index in [1.165, 1.54) is 0 Å². The molecule has 250 valence electrons. The lowest BCUT2D eigenvalue weighted by atomic mass is 9.77. The molecule has 2 atom stereocenters. The summed E-state index contributed by atoms with van der Waals surface area (Å²) in [4.78, 5) is 72.6. The van der Waals surface area contributed by atoms with E-state index in [-0.39, 0.29) is 55.9 Å². The van der Waals surface area contributed by atoms with Gasteiger partial charge in [0.15, 0.2) is 0 Å². The van der Waals surface area contributed by atoms with Crippen molar-refractivity contribution < 1.29 is 48.5 Å². The van der Waals surface area contributed by atoms with Gasteiger partial charge >= 0.3 is 11.9 Å². The fourth-order valence-electron chi connectivity index (χ4n) is 4.80. The van der Waals surface area contributed by atoms with Gasteiger partial charge in [-0.3, -0.25) is 24.0 Å². The summed E-state index contributed by atoms with van der Waals surface area (Å²) in [7, 11) is 0.776. The zero-order valence-electron chi connectivity index (χ0n) is 26.2. The first-order valence-electron chi connectivity index (χ1n) is 15.8. The predicted molar refractivity (Wildman–Crippen MR) is 163 cm³/mol. The Morgan fingerprint density at radius 3 is 2.09 bits per heavy atom. The van der Waals surface area contributed by atoms with E-state index >= 15 is 0 Å². The average Bonchev–Trinajstić information content (AvgIpc) is 2.99. The molecule has 1 saturated carbocycles. The SMILES string of the molecule is CBCC(=O)NCC1CCC(C(=O)NC(CCC(=O)NC(CCC(=O)O)C(=O)NCCCOCCOCCC)C(=O)O)CC1. The molecule has 6 N–H and O–H groups in total. The fourth-order valence-corrected chi connectivity index (χ4v) is 4.80. The molecule has 1 aliphatic carbocycles. The number of carboxylic acid groups (broad SMARTS) is 2. The molecule has 2 unspecified atom stereocenters. The van der Waals surface area contributed by atoms with Crippen LogP contribution in [0.5, 0.6) is 0 Å². The summed E-state index contributed by atoms with van der Waals surface area (Å²) in [5, 5.41) is 29.3. The van der Waals surface area contributed by atoms with Crippen LogP contribution in [0.25, 0.3) is 0 Å². The Kier molecular flexibility index (Phi) is 20.5. The van der Waals surface area contributed by atoms with Gasteiger partial charge < -0.3 is 41.0 Å². The molecule has 0 radical (unpaired) electrons. The van der Waals surface area contributed by atoms with Gasteiger partial charge in [0.2, 0.25) is 23.6 Å². The van der Waals surface area contributed by atoms with Gasteiger partial charge in [-0.25, -0.2) is 4.79 Å². The van der Waals surface area contributed by atoms with Crippen molar-refractivity contribution in [3.63, 3.8) is 0 Å². The van der Waals surface area contributed by atoms with Crippen LogP contribution in [0.3, 0.4) is 0 Å². The van der Waals surface area contributed by atoms with Gasteiger partial charge in [-0.2, -0.15) is 0 Å². The van der Waals surface area contributed by atoms with Gasteiger partial charge in [0.05, 0.1) is 13.2 Å². The number of hydrogen-bond acceptors (Lipinski definition) is 8. The van der Waals surface area contributed by atoms with Crippen molar-refractivity contribution in [2.75, 3.05) is 39.5 Å². The molecule has 0 aromatic rings. The molecule has 0 aliphatic heterocycles. The number of aliphatic carboxylic acids is 2. The summed E-state index contributed by atoms with van der Waals surface area (Å²) in [5.41, 5.74) is 0. The normalized spacial score (nSPS) is 17.5. The summed E-state index contributed by atoms with van der Waals surface area (Å²) in [6.07, 6.45) is 3.58. The molecule has 0 saturated heterocycles. The van der Waals surface area contributed by atoms with Crippen LogP contribution in [-0.4, -0.2) is 105 Å². The van der Waals surface area contributed by atoms with E-state index in [1.54, 1.807) is 0 Å². The van der Waals surface area contributed by atoms with Crippen LogP contribution in [-0.2, 0) is 38.2 Å². The average molecular weight is 627 g/mol. The van der Waals surface area contributed by atoms with Gasteiger partial charge in [-0.15, -0.1) is 0 Å². The van der Waals surface area contributed by atoms with Gasteiger partial charge in [-0.1, -0.05) is 13.7 Å². The van der Waals surface area contributed by atoms with Crippen molar-refractivity contribution in [1.82, 2.24) is 21.3 Å². The van der Waals surface area contributed by atoms with Crippen molar-refractivity contribution in [2.24, 2.45) is 11.8 Å². The number of hydrogen-bond donors (Lipinski definition) is 6. The van der Waals surface area contributed by atoms with Crippen LogP contribution in [0.4, 0.5) is 0 Å². The molecule has 15 heteroatoms. The smallest absolute Gasteiger partial charge is 0.326 e. The third-order valence-electron chi connectivity index (χ3n) is 7.34. The number of carbonyl (C=O) groups is 6. The number of amides is 4. The van der Waals surface area contributed by atoms with E-state index in [0.29, 0.717) is 58.6 Å². The van der Waals surface area contributed by atoms with E-state index in [2.05, 4.69) is 21.3 Å². The van der Waals surface area contributed by atoms with E-state index in [9.17, 15) is 33.9 Å². The lowest BCUT2D eigenvalue weighted by molar-refractivity contribution is -0.143. The maximum Gasteiger partial charge on any atom is 0.326 e. The molecule has 0 heterocycles.